The molecule has 1 aliphatic rings. The molecule has 0 N–H and O–H groups in total. The van der Waals surface area contributed by atoms with Crippen molar-refractivity contribution in [1.82, 2.24) is 0 Å². The van der Waals surface area contributed by atoms with Crippen molar-refractivity contribution in [2.75, 3.05) is 19.8 Å². The van der Waals surface area contributed by atoms with E-state index in [0.29, 0.717) is 19.8 Å². The van der Waals surface area contributed by atoms with E-state index in [9.17, 15) is 8.78 Å². The average molecular weight is 214 g/mol. The van der Waals surface area contributed by atoms with Crippen molar-refractivity contribution in [3.8, 4) is 5.75 Å². The number of halogens is 2. The molecular weight excluding hydrogens is 202 g/mol. The molecule has 0 aliphatic carbocycles. The molecule has 2 nitrogen and oxygen atoms in total. The molecule has 1 heterocycles. The minimum Gasteiger partial charge on any atom is -0.490 e. The van der Waals surface area contributed by atoms with Crippen LogP contribution < -0.4 is 4.74 Å². The fourth-order valence-electron chi connectivity index (χ4n) is 1.38. The lowest BCUT2D eigenvalue weighted by Crippen LogP contribution is -2.44. The van der Waals surface area contributed by atoms with E-state index < -0.39 is 11.6 Å². The van der Waals surface area contributed by atoms with Crippen molar-refractivity contribution in [3.63, 3.8) is 0 Å². The number of hydrogen-bond donors (Lipinski definition) is 0. The van der Waals surface area contributed by atoms with Gasteiger partial charge in [-0.3, -0.25) is 0 Å². The zero-order valence-electron chi connectivity index (χ0n) is 8.43. The number of ether oxygens (including phenoxy) is 2. The summed E-state index contributed by atoms with van der Waals surface area (Å²) >= 11 is 0. The maximum atomic E-state index is 13.2. The van der Waals surface area contributed by atoms with Gasteiger partial charge in [0.05, 0.1) is 19.8 Å². The number of rotatable bonds is 3. The lowest BCUT2D eigenvalue weighted by atomic mass is 9.90. The highest BCUT2D eigenvalue weighted by Gasteiger charge is 2.34. The number of hydrogen-bond acceptors (Lipinski definition) is 2. The smallest absolute Gasteiger partial charge is 0.200 e. The van der Waals surface area contributed by atoms with Crippen LogP contribution in [0.1, 0.15) is 6.92 Å². The van der Waals surface area contributed by atoms with E-state index in [0.717, 1.165) is 6.07 Å². The summed E-state index contributed by atoms with van der Waals surface area (Å²) in [5.74, 6) is -1.85. The quantitative estimate of drug-likeness (QED) is 0.769. The Hall–Kier alpha value is -1.16. The minimum atomic E-state index is -0.929. The summed E-state index contributed by atoms with van der Waals surface area (Å²) in [6.07, 6.45) is 0. The van der Waals surface area contributed by atoms with Crippen molar-refractivity contribution in [1.29, 1.82) is 0 Å². The predicted octanol–water partition coefficient (Wildman–Crippen LogP) is 2.38. The highest BCUT2D eigenvalue weighted by atomic mass is 19.2. The average Bonchev–Trinajstić information content (AvgIpc) is 2.17. The molecule has 0 atom stereocenters. The van der Waals surface area contributed by atoms with Gasteiger partial charge in [-0.2, -0.15) is 4.39 Å². The Bertz CT molecular complexity index is 362. The van der Waals surface area contributed by atoms with Crippen LogP contribution in [0.25, 0.3) is 0 Å². The van der Waals surface area contributed by atoms with Gasteiger partial charge in [0.1, 0.15) is 0 Å². The second-order valence-electron chi connectivity index (χ2n) is 4.14. The Morgan fingerprint density at radius 2 is 2.13 bits per heavy atom. The van der Waals surface area contributed by atoms with Crippen LogP contribution in [0.4, 0.5) is 8.78 Å². The molecule has 0 bridgehead atoms. The lowest BCUT2D eigenvalue weighted by Gasteiger charge is -2.37. The van der Waals surface area contributed by atoms with E-state index in [1.807, 2.05) is 6.92 Å². The Morgan fingerprint density at radius 3 is 2.73 bits per heavy atom. The first-order valence-electron chi connectivity index (χ1n) is 4.75. The third kappa shape index (κ3) is 2.09. The SMILES string of the molecule is CC1(COc2cccc(F)c2F)COC1. The normalized spacial score (nSPS) is 18.3. The van der Waals surface area contributed by atoms with Gasteiger partial charge in [0.25, 0.3) is 0 Å². The Balaban J connectivity index is 2.01. The second-order valence-corrected chi connectivity index (χ2v) is 4.14. The molecule has 4 heteroatoms. The van der Waals surface area contributed by atoms with Crippen LogP contribution in [0.15, 0.2) is 18.2 Å². The zero-order chi connectivity index (χ0) is 10.9. The molecule has 0 unspecified atom stereocenters. The molecule has 0 aromatic heterocycles. The second kappa shape index (κ2) is 3.77. The van der Waals surface area contributed by atoms with Gasteiger partial charge in [-0.05, 0) is 12.1 Å². The first-order valence-corrected chi connectivity index (χ1v) is 4.75. The van der Waals surface area contributed by atoms with Crippen LogP contribution in [0, 0.1) is 17.0 Å². The predicted molar refractivity (Wildman–Crippen MR) is 50.8 cm³/mol. The summed E-state index contributed by atoms with van der Waals surface area (Å²) in [4.78, 5) is 0. The van der Waals surface area contributed by atoms with Crippen molar-refractivity contribution < 1.29 is 18.3 Å². The molecule has 1 saturated heterocycles. The van der Waals surface area contributed by atoms with Crippen LogP contribution in [0.3, 0.4) is 0 Å². The van der Waals surface area contributed by atoms with Crippen molar-refractivity contribution in [3.05, 3.63) is 29.8 Å². The molecule has 0 saturated carbocycles. The van der Waals surface area contributed by atoms with Gasteiger partial charge in [0.2, 0.25) is 5.82 Å². The summed E-state index contributed by atoms with van der Waals surface area (Å²) in [6.45, 7) is 3.52. The lowest BCUT2D eigenvalue weighted by molar-refractivity contribution is -0.120. The standard InChI is InChI=1S/C11H12F2O2/c1-11(5-14-6-11)7-15-9-4-2-3-8(12)10(9)13/h2-4H,5-7H2,1H3. The van der Waals surface area contributed by atoms with Crippen LogP contribution in [-0.2, 0) is 4.74 Å². The molecule has 0 spiro atoms. The summed E-state index contributed by atoms with van der Waals surface area (Å²) < 4.78 is 36.2. The maximum absolute atomic E-state index is 13.2. The monoisotopic (exact) mass is 214 g/mol. The first-order chi connectivity index (χ1) is 7.11. The molecule has 1 fully saturated rings. The molecule has 15 heavy (non-hydrogen) atoms. The maximum Gasteiger partial charge on any atom is 0.200 e. The van der Waals surface area contributed by atoms with Gasteiger partial charge in [-0.15, -0.1) is 0 Å². The minimum absolute atomic E-state index is 0.0388. The van der Waals surface area contributed by atoms with Gasteiger partial charge in [0, 0.05) is 5.41 Å². The Labute approximate surface area is 86.8 Å². The summed E-state index contributed by atoms with van der Waals surface area (Å²) in [5.41, 5.74) is -0.0707. The van der Waals surface area contributed by atoms with Crippen LogP contribution in [0.2, 0.25) is 0 Å². The van der Waals surface area contributed by atoms with Gasteiger partial charge < -0.3 is 9.47 Å². The Kier molecular flexibility index (Phi) is 2.61. The highest BCUT2D eigenvalue weighted by molar-refractivity contribution is 5.25. The van der Waals surface area contributed by atoms with Crippen LogP contribution in [-0.4, -0.2) is 19.8 Å². The molecule has 82 valence electrons. The summed E-state index contributed by atoms with van der Waals surface area (Å²) in [5, 5.41) is 0. The fraction of sp³-hybridized carbons (Fsp3) is 0.455. The van der Waals surface area contributed by atoms with Crippen LogP contribution >= 0.6 is 0 Å². The molecule has 1 aliphatic heterocycles. The largest absolute Gasteiger partial charge is 0.490 e. The molecule has 2 rings (SSSR count). The zero-order valence-corrected chi connectivity index (χ0v) is 8.43. The van der Waals surface area contributed by atoms with E-state index in [2.05, 4.69) is 0 Å². The van der Waals surface area contributed by atoms with Gasteiger partial charge in [0.15, 0.2) is 11.6 Å². The third-order valence-corrected chi connectivity index (χ3v) is 2.39. The molecule has 0 radical (unpaired) electrons. The van der Waals surface area contributed by atoms with Gasteiger partial charge in [-0.25, -0.2) is 4.39 Å². The highest BCUT2D eigenvalue weighted by Crippen LogP contribution is 2.28. The third-order valence-electron chi connectivity index (χ3n) is 2.39. The van der Waals surface area contributed by atoms with E-state index in [1.54, 1.807) is 0 Å². The first kappa shape index (κ1) is 10.4. The van der Waals surface area contributed by atoms with E-state index in [-0.39, 0.29) is 11.2 Å². The Morgan fingerprint density at radius 1 is 1.40 bits per heavy atom. The van der Waals surface area contributed by atoms with E-state index in [4.69, 9.17) is 9.47 Å². The summed E-state index contributed by atoms with van der Waals surface area (Å²) in [6, 6.07) is 3.91. The molecular formula is C11H12F2O2. The number of benzene rings is 1. The van der Waals surface area contributed by atoms with Crippen molar-refractivity contribution in [2.24, 2.45) is 5.41 Å². The van der Waals surface area contributed by atoms with Crippen LogP contribution in [0.5, 0.6) is 5.75 Å². The van der Waals surface area contributed by atoms with E-state index >= 15 is 0 Å². The van der Waals surface area contributed by atoms with Gasteiger partial charge in [-0.1, -0.05) is 13.0 Å². The van der Waals surface area contributed by atoms with E-state index in [1.165, 1.54) is 12.1 Å². The molecule has 1 aromatic rings. The fourth-order valence-corrected chi connectivity index (χ4v) is 1.38. The van der Waals surface area contributed by atoms with Crippen molar-refractivity contribution in [2.45, 2.75) is 6.92 Å². The topological polar surface area (TPSA) is 18.5 Å². The molecule has 0 amide bonds. The summed E-state index contributed by atoms with van der Waals surface area (Å²) in [7, 11) is 0. The molecule has 1 aromatic carbocycles. The van der Waals surface area contributed by atoms with Crippen molar-refractivity contribution >= 4 is 0 Å². The van der Waals surface area contributed by atoms with Gasteiger partial charge >= 0.3 is 0 Å².